The van der Waals surface area contributed by atoms with Gasteiger partial charge in [0.05, 0.1) is 18.1 Å². The van der Waals surface area contributed by atoms with Gasteiger partial charge in [-0.15, -0.1) is 6.58 Å². The summed E-state index contributed by atoms with van der Waals surface area (Å²) in [6, 6.07) is 10.9. The van der Waals surface area contributed by atoms with Crippen molar-refractivity contribution in [3.8, 4) is 11.5 Å². The Balaban J connectivity index is 1.83. The van der Waals surface area contributed by atoms with E-state index in [-0.39, 0.29) is 11.0 Å². The molecule has 1 fully saturated rings. The smallest absolute Gasteiger partial charge is 0.326 e. The van der Waals surface area contributed by atoms with Crippen molar-refractivity contribution < 1.29 is 28.6 Å². The van der Waals surface area contributed by atoms with Gasteiger partial charge in [-0.2, -0.15) is 0 Å². The molecule has 36 heavy (non-hydrogen) atoms. The van der Waals surface area contributed by atoms with Crippen LogP contribution in [0.2, 0.25) is 5.02 Å². The highest BCUT2D eigenvalue weighted by molar-refractivity contribution is 8.18. The van der Waals surface area contributed by atoms with Gasteiger partial charge in [-0.25, -0.2) is 0 Å². The van der Waals surface area contributed by atoms with E-state index >= 15 is 0 Å². The van der Waals surface area contributed by atoms with Crippen molar-refractivity contribution in [2.45, 2.75) is 39.4 Å². The van der Waals surface area contributed by atoms with Crippen LogP contribution in [0.4, 0.5) is 4.79 Å². The molecule has 9 heteroatoms. The number of hydrogen-bond donors (Lipinski definition) is 0. The van der Waals surface area contributed by atoms with Crippen LogP contribution >= 0.6 is 23.4 Å². The van der Waals surface area contributed by atoms with Crippen LogP contribution in [-0.4, -0.2) is 41.8 Å². The van der Waals surface area contributed by atoms with E-state index in [1.807, 2.05) is 25.1 Å². The molecule has 2 aromatic rings. The quantitative estimate of drug-likeness (QED) is 0.199. The number of carbonyl (C=O) groups is 3. The molecule has 1 heterocycles. The molecular weight excluding hydrogens is 502 g/mol. The number of methoxy groups -OCH3 is 1. The number of thioether (sulfide) groups is 1. The first kappa shape index (κ1) is 27.4. The first-order chi connectivity index (χ1) is 17.2. The van der Waals surface area contributed by atoms with E-state index < -0.39 is 23.7 Å². The zero-order chi connectivity index (χ0) is 26.2. The van der Waals surface area contributed by atoms with Gasteiger partial charge in [0.2, 0.25) is 0 Å². The van der Waals surface area contributed by atoms with Gasteiger partial charge >= 0.3 is 5.97 Å². The number of esters is 1. The maximum atomic E-state index is 12.9. The van der Waals surface area contributed by atoms with Crippen molar-refractivity contribution in [1.29, 1.82) is 0 Å². The van der Waals surface area contributed by atoms with Crippen LogP contribution in [0, 0.1) is 0 Å². The second-order valence-corrected chi connectivity index (χ2v) is 9.53. The third-order valence-corrected chi connectivity index (χ3v) is 6.56. The zero-order valence-electron chi connectivity index (χ0n) is 20.4. The minimum Gasteiger partial charge on any atom is -0.493 e. The summed E-state index contributed by atoms with van der Waals surface area (Å²) >= 11 is 6.74. The molecule has 1 aliphatic rings. The van der Waals surface area contributed by atoms with Crippen LogP contribution in [0.15, 0.2) is 54.0 Å². The molecule has 0 unspecified atom stereocenters. The number of allylic oxidation sites excluding steroid dienone is 1. The summed E-state index contributed by atoms with van der Waals surface area (Å²) in [5, 5.41) is 0.124. The first-order valence-corrected chi connectivity index (χ1v) is 12.6. The van der Waals surface area contributed by atoms with Crippen molar-refractivity contribution in [3.63, 3.8) is 0 Å². The summed E-state index contributed by atoms with van der Waals surface area (Å²) < 4.78 is 16.9. The molecule has 7 nitrogen and oxygen atoms in total. The Bertz CT molecular complexity index is 1180. The maximum Gasteiger partial charge on any atom is 0.326 e. The van der Waals surface area contributed by atoms with Gasteiger partial charge in [0.15, 0.2) is 11.5 Å². The van der Waals surface area contributed by atoms with Crippen molar-refractivity contribution in [3.05, 3.63) is 75.7 Å². The molecule has 0 saturated carbocycles. The Labute approximate surface area is 220 Å². The lowest BCUT2D eigenvalue weighted by atomic mass is 10.0. The first-order valence-electron chi connectivity index (χ1n) is 11.4. The lowest BCUT2D eigenvalue weighted by Gasteiger charge is -2.16. The summed E-state index contributed by atoms with van der Waals surface area (Å²) in [6.07, 6.45) is 4.19. The molecule has 1 atom stereocenters. The summed E-state index contributed by atoms with van der Waals surface area (Å²) in [6.45, 7) is 7.34. The van der Waals surface area contributed by atoms with Crippen LogP contribution in [-0.2, 0) is 27.4 Å². The molecule has 190 valence electrons. The number of benzene rings is 2. The van der Waals surface area contributed by atoms with Gasteiger partial charge < -0.3 is 14.2 Å². The molecule has 0 bridgehead atoms. The summed E-state index contributed by atoms with van der Waals surface area (Å²) in [4.78, 5) is 38.5. The maximum absolute atomic E-state index is 12.9. The topological polar surface area (TPSA) is 82.1 Å². The molecule has 1 saturated heterocycles. The van der Waals surface area contributed by atoms with Gasteiger partial charge in [0, 0.05) is 10.6 Å². The molecule has 0 N–H and O–H groups in total. The fourth-order valence-electron chi connectivity index (χ4n) is 3.39. The predicted octanol–water partition coefficient (Wildman–Crippen LogP) is 6.03. The molecule has 0 aromatic heterocycles. The van der Waals surface area contributed by atoms with Crippen LogP contribution in [0.5, 0.6) is 11.5 Å². The number of carbonyl (C=O) groups excluding carboxylic acids is 3. The van der Waals surface area contributed by atoms with Crippen molar-refractivity contribution in [1.82, 2.24) is 4.90 Å². The van der Waals surface area contributed by atoms with Gasteiger partial charge in [-0.05, 0) is 73.0 Å². The third-order valence-electron chi connectivity index (χ3n) is 5.40. The van der Waals surface area contributed by atoms with E-state index in [1.165, 1.54) is 7.11 Å². The summed E-state index contributed by atoms with van der Waals surface area (Å²) in [5.41, 5.74) is 2.40. The molecule has 0 radical (unpaired) electrons. The molecule has 0 aliphatic carbocycles. The number of ether oxygens (including phenoxy) is 3. The standard InChI is InChI=1S/C27H28ClNO6S/c1-5-7-20-12-19(13-22(33-4)25(20)34-16-18-8-10-21(28)11-9-18)14-23-26(31)29(27(32)36-23)15-24(30)35-17(3)6-2/h5,8-14,17H,1,6-7,15-16H2,2-4H3/b23-14-/t17-/m0/s1. The lowest BCUT2D eigenvalue weighted by Crippen LogP contribution is -2.35. The molecule has 0 spiro atoms. The Morgan fingerprint density at radius 3 is 2.58 bits per heavy atom. The van der Waals surface area contributed by atoms with Crippen LogP contribution in [0.25, 0.3) is 6.08 Å². The second-order valence-electron chi connectivity index (χ2n) is 8.10. The Kier molecular flexibility index (Phi) is 9.61. The van der Waals surface area contributed by atoms with Crippen molar-refractivity contribution >= 4 is 46.6 Å². The molecular formula is C27H28ClNO6S. The SMILES string of the molecule is C=CCc1cc(/C=C2\SC(=O)N(CC(=O)O[C@@H](C)CC)C2=O)cc(OC)c1OCc1ccc(Cl)cc1. The van der Waals surface area contributed by atoms with Crippen LogP contribution < -0.4 is 9.47 Å². The Morgan fingerprint density at radius 1 is 1.22 bits per heavy atom. The fraction of sp³-hybridized carbons (Fsp3) is 0.296. The molecule has 2 aromatic carbocycles. The average molecular weight is 530 g/mol. The number of imide groups is 1. The monoisotopic (exact) mass is 529 g/mol. The predicted molar refractivity (Wildman–Crippen MR) is 141 cm³/mol. The zero-order valence-corrected chi connectivity index (χ0v) is 22.0. The van der Waals surface area contributed by atoms with E-state index in [4.69, 9.17) is 25.8 Å². The van der Waals surface area contributed by atoms with E-state index in [1.54, 1.807) is 37.3 Å². The normalized spacial score (nSPS) is 15.2. The Morgan fingerprint density at radius 2 is 1.94 bits per heavy atom. The highest BCUT2D eigenvalue weighted by atomic mass is 35.5. The third kappa shape index (κ3) is 6.92. The van der Waals surface area contributed by atoms with Crippen LogP contribution in [0.1, 0.15) is 37.0 Å². The minimum atomic E-state index is -0.620. The van der Waals surface area contributed by atoms with E-state index in [2.05, 4.69) is 6.58 Å². The minimum absolute atomic E-state index is 0.206. The Hall–Kier alpha value is -3.23. The fourth-order valence-corrected chi connectivity index (χ4v) is 4.35. The number of amides is 2. The highest BCUT2D eigenvalue weighted by Crippen LogP contribution is 2.37. The summed E-state index contributed by atoms with van der Waals surface area (Å²) in [5.74, 6) is -0.125. The van der Waals surface area contributed by atoms with Crippen LogP contribution in [0.3, 0.4) is 0 Å². The van der Waals surface area contributed by atoms with E-state index in [0.717, 1.165) is 27.8 Å². The molecule has 3 rings (SSSR count). The largest absolute Gasteiger partial charge is 0.493 e. The van der Waals surface area contributed by atoms with E-state index in [9.17, 15) is 14.4 Å². The van der Waals surface area contributed by atoms with E-state index in [0.29, 0.717) is 41.5 Å². The number of hydrogen-bond acceptors (Lipinski definition) is 7. The highest BCUT2D eigenvalue weighted by Gasteiger charge is 2.37. The van der Waals surface area contributed by atoms with Gasteiger partial charge in [-0.1, -0.05) is 36.7 Å². The van der Waals surface area contributed by atoms with Gasteiger partial charge in [0.1, 0.15) is 13.2 Å². The van der Waals surface area contributed by atoms with Gasteiger partial charge in [0.25, 0.3) is 11.1 Å². The number of halogens is 1. The van der Waals surface area contributed by atoms with Crippen molar-refractivity contribution in [2.75, 3.05) is 13.7 Å². The lowest BCUT2D eigenvalue weighted by molar-refractivity contribution is -0.150. The average Bonchev–Trinajstić information content (AvgIpc) is 3.11. The summed E-state index contributed by atoms with van der Waals surface area (Å²) in [7, 11) is 1.53. The molecule has 1 aliphatic heterocycles. The van der Waals surface area contributed by atoms with Crippen molar-refractivity contribution in [2.24, 2.45) is 0 Å². The second kappa shape index (κ2) is 12.6. The molecule has 2 amide bonds. The number of nitrogens with zero attached hydrogens (tertiary/aromatic N) is 1. The number of rotatable bonds is 11. The van der Waals surface area contributed by atoms with Gasteiger partial charge in [-0.3, -0.25) is 19.3 Å².